The molecule has 0 aliphatic carbocycles. The van der Waals surface area contributed by atoms with E-state index in [2.05, 4.69) is 44.9 Å². The third-order valence-electron chi connectivity index (χ3n) is 11.6. The Morgan fingerprint density at radius 3 is 1.86 bits per heavy atom. The Labute approximate surface area is 347 Å². The van der Waals surface area contributed by atoms with E-state index in [0.29, 0.717) is 48.4 Å². The number of H-pyrrole nitrogens is 2. The van der Waals surface area contributed by atoms with Gasteiger partial charge in [0.15, 0.2) is 0 Å². The molecule has 4 N–H and O–H groups in total. The molecule has 7 rings (SSSR count). The Morgan fingerprint density at radius 2 is 1.27 bits per heavy atom. The van der Waals surface area contributed by atoms with Crippen LogP contribution in [0.25, 0.3) is 44.1 Å². The molecule has 4 amide bonds. The third kappa shape index (κ3) is 8.23. The van der Waals surface area contributed by atoms with Gasteiger partial charge < -0.3 is 39.9 Å². The van der Waals surface area contributed by atoms with Crippen LogP contribution in [-0.2, 0) is 19.1 Å². The van der Waals surface area contributed by atoms with Crippen molar-refractivity contribution in [3.8, 4) is 22.4 Å². The normalized spacial score (nSPS) is 17.8. The zero-order valence-electron chi connectivity index (χ0n) is 34.1. The average Bonchev–Trinajstić information content (AvgIpc) is 4.04. The molecule has 2 aromatic heterocycles. The molecular formula is C44H50ClN7O7. The first-order valence-corrected chi connectivity index (χ1v) is 20.4. The molecule has 5 aromatic rings. The molecule has 0 bridgehead atoms. The zero-order valence-corrected chi connectivity index (χ0v) is 34.8. The predicted octanol–water partition coefficient (Wildman–Crippen LogP) is 7.48. The summed E-state index contributed by atoms with van der Waals surface area (Å²) in [4.78, 5) is 80.1. The van der Waals surface area contributed by atoms with Crippen molar-refractivity contribution < 1.29 is 28.7 Å². The van der Waals surface area contributed by atoms with Gasteiger partial charge in [0.1, 0.15) is 22.9 Å². The van der Waals surface area contributed by atoms with Crippen LogP contribution in [0.1, 0.15) is 77.0 Å². The summed E-state index contributed by atoms with van der Waals surface area (Å²) in [6, 6.07) is 15.7. The number of carbonyl (C=O) groups excluding carboxylic acids is 4. The van der Waals surface area contributed by atoms with Crippen LogP contribution in [-0.4, -0.2) is 88.1 Å². The molecule has 310 valence electrons. The Morgan fingerprint density at radius 1 is 0.746 bits per heavy atom. The maximum Gasteiger partial charge on any atom is 0.407 e. The number of benzene rings is 3. The average molecular weight is 824 g/mol. The SMILES string of the molecule is COC(=O)N[C@H](C(=O)N1CCCC1c1[nH]c2cc(-c3ccc4cc(-c5cnc([C@@H]6CCCN6C(=O)[C@@H](NC(=O)OC)C(C)C)[nH]5)ccc4c3)ccc2c(=O)c1Cl)C(C)C. The van der Waals surface area contributed by atoms with Crippen LogP contribution in [0.5, 0.6) is 0 Å². The van der Waals surface area contributed by atoms with E-state index in [1.807, 2.05) is 52.0 Å². The fraction of sp³-hybridized carbons (Fsp3) is 0.409. The van der Waals surface area contributed by atoms with E-state index in [0.717, 1.165) is 46.0 Å². The van der Waals surface area contributed by atoms with E-state index in [1.54, 1.807) is 22.1 Å². The predicted molar refractivity (Wildman–Crippen MR) is 226 cm³/mol. The van der Waals surface area contributed by atoms with Crippen LogP contribution in [0.15, 0.2) is 65.6 Å². The smallest absolute Gasteiger partial charge is 0.407 e. The number of nitrogens with one attached hydrogen (secondary N) is 4. The van der Waals surface area contributed by atoms with Crippen LogP contribution in [0.3, 0.4) is 0 Å². The maximum atomic E-state index is 13.8. The highest BCUT2D eigenvalue weighted by atomic mass is 35.5. The molecule has 3 aromatic carbocycles. The summed E-state index contributed by atoms with van der Waals surface area (Å²) in [5, 5.41) is 7.88. The number of aromatic nitrogens is 3. The summed E-state index contributed by atoms with van der Waals surface area (Å²) in [7, 11) is 2.54. The first-order chi connectivity index (χ1) is 28.3. The number of aromatic amines is 2. The number of ether oxygens (including phenoxy) is 2. The van der Waals surface area contributed by atoms with Gasteiger partial charge in [-0.15, -0.1) is 0 Å². The Kier molecular flexibility index (Phi) is 12.0. The monoisotopic (exact) mass is 823 g/mol. The van der Waals surface area contributed by atoms with Gasteiger partial charge in [-0.1, -0.05) is 69.6 Å². The molecule has 2 saturated heterocycles. The van der Waals surface area contributed by atoms with Gasteiger partial charge in [-0.25, -0.2) is 14.6 Å². The number of rotatable bonds is 10. The Balaban J connectivity index is 1.12. The molecule has 2 fully saturated rings. The number of likely N-dealkylation sites (tertiary alicyclic amines) is 2. The molecule has 59 heavy (non-hydrogen) atoms. The lowest BCUT2D eigenvalue weighted by Gasteiger charge is -2.31. The van der Waals surface area contributed by atoms with Crippen molar-refractivity contribution in [1.29, 1.82) is 0 Å². The number of methoxy groups -OCH3 is 2. The van der Waals surface area contributed by atoms with Gasteiger partial charge in [0.05, 0.1) is 49.4 Å². The Hall–Kier alpha value is -5.89. The standard InChI is InChI=1S/C44H50ClN7O7/c1-23(2)36(49-43(56)58-5)41(54)51-17-7-9-33(51)38-35(45)39(53)30-16-15-28(21-31(30)47-38)26-11-12-27-20-29(14-13-25(27)19-26)32-22-46-40(48-32)34-10-8-18-52(34)42(55)37(24(3)4)50-44(57)59-6/h11-16,19-24,33-34,36-37H,7-10,17-18H2,1-6H3,(H,46,48)(H,47,53)(H,49,56)(H,50,57)/t33?,34-,36-,37-/m0/s1. The van der Waals surface area contributed by atoms with Gasteiger partial charge in [0.25, 0.3) is 0 Å². The molecule has 0 radical (unpaired) electrons. The first kappa shape index (κ1) is 41.3. The lowest BCUT2D eigenvalue weighted by Crippen LogP contribution is -2.51. The van der Waals surface area contributed by atoms with Crippen molar-refractivity contribution in [3.63, 3.8) is 0 Å². The molecule has 2 aliphatic heterocycles. The third-order valence-corrected chi connectivity index (χ3v) is 11.9. The summed E-state index contributed by atoms with van der Waals surface area (Å²) in [6.45, 7) is 8.52. The van der Waals surface area contributed by atoms with Crippen molar-refractivity contribution in [2.24, 2.45) is 11.8 Å². The van der Waals surface area contributed by atoms with Crippen LogP contribution < -0.4 is 16.1 Å². The van der Waals surface area contributed by atoms with Gasteiger partial charge in [0, 0.05) is 24.0 Å². The lowest BCUT2D eigenvalue weighted by molar-refractivity contribution is -0.136. The second-order valence-corrected chi connectivity index (χ2v) is 16.4. The van der Waals surface area contributed by atoms with Crippen LogP contribution in [0.2, 0.25) is 5.02 Å². The summed E-state index contributed by atoms with van der Waals surface area (Å²) in [6.07, 6.45) is 3.37. The Bertz CT molecular complexity index is 2480. The number of amides is 4. The first-order valence-electron chi connectivity index (χ1n) is 20.0. The topological polar surface area (TPSA) is 179 Å². The molecule has 2 aliphatic rings. The number of hydrogen-bond donors (Lipinski definition) is 4. The zero-order chi connectivity index (χ0) is 42.1. The molecule has 0 spiro atoms. The van der Waals surface area contributed by atoms with Crippen LogP contribution >= 0.6 is 11.6 Å². The van der Waals surface area contributed by atoms with Gasteiger partial charge in [-0.2, -0.15) is 0 Å². The summed E-state index contributed by atoms with van der Waals surface area (Å²) >= 11 is 6.73. The van der Waals surface area contributed by atoms with Gasteiger partial charge in [0.2, 0.25) is 17.2 Å². The highest BCUT2D eigenvalue weighted by Gasteiger charge is 2.39. The number of nitrogens with zero attached hydrogens (tertiary/aromatic N) is 3. The van der Waals surface area contributed by atoms with E-state index in [-0.39, 0.29) is 40.1 Å². The molecule has 4 atom stereocenters. The van der Waals surface area contributed by atoms with Gasteiger partial charge in [-0.05, 0) is 83.7 Å². The highest BCUT2D eigenvalue weighted by molar-refractivity contribution is 6.31. The minimum absolute atomic E-state index is 0.0460. The fourth-order valence-electron chi connectivity index (χ4n) is 8.34. The number of carbonyl (C=O) groups is 4. The van der Waals surface area contributed by atoms with E-state index < -0.39 is 30.3 Å². The number of alkyl carbamates (subject to hydrolysis) is 2. The minimum atomic E-state index is -0.802. The molecular weight excluding hydrogens is 774 g/mol. The maximum absolute atomic E-state index is 13.8. The molecule has 1 unspecified atom stereocenters. The van der Waals surface area contributed by atoms with Gasteiger partial charge in [-0.3, -0.25) is 14.4 Å². The number of hydrogen-bond acceptors (Lipinski definition) is 8. The van der Waals surface area contributed by atoms with Crippen molar-refractivity contribution in [2.45, 2.75) is 77.5 Å². The quantitative estimate of drug-likeness (QED) is 0.112. The van der Waals surface area contributed by atoms with Crippen molar-refractivity contribution >= 4 is 57.3 Å². The summed E-state index contributed by atoms with van der Waals surface area (Å²) in [5.74, 6) is -0.0431. The highest BCUT2D eigenvalue weighted by Crippen LogP contribution is 2.37. The van der Waals surface area contributed by atoms with Gasteiger partial charge >= 0.3 is 12.2 Å². The molecule has 0 saturated carbocycles. The minimum Gasteiger partial charge on any atom is -0.453 e. The molecule has 4 heterocycles. The largest absolute Gasteiger partial charge is 0.453 e. The van der Waals surface area contributed by atoms with Crippen LogP contribution in [0, 0.1) is 11.8 Å². The van der Waals surface area contributed by atoms with Crippen molar-refractivity contribution in [1.82, 2.24) is 35.4 Å². The lowest BCUT2D eigenvalue weighted by atomic mass is 9.98. The summed E-state index contributed by atoms with van der Waals surface area (Å²) in [5.41, 5.74) is 4.38. The number of pyridine rings is 1. The molecule has 14 nitrogen and oxygen atoms in total. The fourth-order valence-corrected chi connectivity index (χ4v) is 8.62. The number of imidazole rings is 1. The van der Waals surface area contributed by atoms with E-state index in [1.165, 1.54) is 14.2 Å². The van der Waals surface area contributed by atoms with E-state index in [4.69, 9.17) is 26.1 Å². The summed E-state index contributed by atoms with van der Waals surface area (Å²) < 4.78 is 9.53. The second-order valence-electron chi connectivity index (χ2n) is 16.0. The van der Waals surface area contributed by atoms with E-state index >= 15 is 0 Å². The van der Waals surface area contributed by atoms with Crippen molar-refractivity contribution in [2.75, 3.05) is 27.3 Å². The molecule has 15 heteroatoms. The number of halogens is 1. The second kappa shape index (κ2) is 17.1. The van der Waals surface area contributed by atoms with Crippen molar-refractivity contribution in [3.05, 3.63) is 87.6 Å². The number of fused-ring (bicyclic) bond motifs is 2. The van der Waals surface area contributed by atoms with E-state index in [9.17, 15) is 24.0 Å². The van der Waals surface area contributed by atoms with Crippen LogP contribution in [0.4, 0.5) is 9.59 Å².